The van der Waals surface area contributed by atoms with Gasteiger partial charge in [-0.05, 0) is 19.2 Å². The lowest BCUT2D eigenvalue weighted by Gasteiger charge is -2.14. The number of benzene rings is 1. The molecule has 0 heterocycles. The molecule has 0 unspecified atom stereocenters. The largest absolute Gasteiger partial charge is 0.394 e. The summed E-state index contributed by atoms with van der Waals surface area (Å²) in [5.41, 5.74) is 0.425. The highest BCUT2D eigenvalue weighted by Gasteiger charge is 2.12. The van der Waals surface area contributed by atoms with Crippen molar-refractivity contribution in [1.29, 1.82) is 0 Å². The minimum Gasteiger partial charge on any atom is -0.394 e. The maximum Gasteiger partial charge on any atom is 0.129 e. The van der Waals surface area contributed by atoms with E-state index in [4.69, 9.17) is 16.7 Å². The highest BCUT2D eigenvalue weighted by Crippen LogP contribution is 2.20. The molecule has 1 rings (SSSR count). The van der Waals surface area contributed by atoms with E-state index < -0.39 is 5.82 Å². The van der Waals surface area contributed by atoms with Crippen LogP contribution in [-0.4, -0.2) is 18.8 Å². The number of hydrogen-bond donors (Lipinski definition) is 2. The molecular formula is C9H11ClFNO. The van der Waals surface area contributed by atoms with Gasteiger partial charge in [-0.15, -0.1) is 0 Å². The molecule has 0 bridgehead atoms. The molecule has 0 amide bonds. The van der Waals surface area contributed by atoms with Crippen molar-refractivity contribution in [2.45, 2.75) is 6.04 Å². The third kappa shape index (κ3) is 2.40. The summed E-state index contributed by atoms with van der Waals surface area (Å²) in [6.45, 7) is -0.144. The topological polar surface area (TPSA) is 32.3 Å². The SMILES string of the molecule is CN[C@H](CO)c1ccc(Cl)cc1F. The molecular weight excluding hydrogens is 193 g/mol. The van der Waals surface area contributed by atoms with Crippen molar-refractivity contribution in [2.24, 2.45) is 0 Å². The Balaban J connectivity index is 2.99. The molecule has 0 aromatic heterocycles. The van der Waals surface area contributed by atoms with Crippen LogP contribution >= 0.6 is 11.6 Å². The molecule has 0 aliphatic rings. The smallest absolute Gasteiger partial charge is 0.129 e. The third-order valence-electron chi connectivity index (χ3n) is 1.87. The average molecular weight is 204 g/mol. The molecule has 0 spiro atoms. The number of likely N-dealkylation sites (N-methyl/N-ethyl adjacent to an activating group) is 1. The Morgan fingerprint density at radius 3 is 2.77 bits per heavy atom. The Morgan fingerprint density at radius 1 is 1.62 bits per heavy atom. The summed E-state index contributed by atoms with van der Waals surface area (Å²) in [5, 5.41) is 12.1. The second-order valence-corrected chi connectivity index (χ2v) is 3.13. The fraction of sp³-hybridized carbons (Fsp3) is 0.333. The predicted molar refractivity (Wildman–Crippen MR) is 50.3 cm³/mol. The van der Waals surface area contributed by atoms with Crippen LogP contribution in [0.4, 0.5) is 4.39 Å². The van der Waals surface area contributed by atoms with Crippen LogP contribution in [0.1, 0.15) is 11.6 Å². The van der Waals surface area contributed by atoms with Gasteiger partial charge in [0, 0.05) is 10.6 Å². The molecule has 72 valence electrons. The average Bonchev–Trinajstić information content (AvgIpc) is 2.10. The van der Waals surface area contributed by atoms with Crippen molar-refractivity contribution < 1.29 is 9.50 Å². The number of halogens is 2. The van der Waals surface area contributed by atoms with Gasteiger partial charge in [-0.25, -0.2) is 4.39 Å². The minimum absolute atomic E-state index is 0.144. The lowest BCUT2D eigenvalue weighted by Crippen LogP contribution is -2.21. The summed E-state index contributed by atoms with van der Waals surface area (Å²) in [6.07, 6.45) is 0. The highest BCUT2D eigenvalue weighted by atomic mass is 35.5. The lowest BCUT2D eigenvalue weighted by atomic mass is 10.1. The molecule has 0 saturated heterocycles. The van der Waals surface area contributed by atoms with Gasteiger partial charge in [0.2, 0.25) is 0 Å². The summed E-state index contributed by atoms with van der Waals surface area (Å²) < 4.78 is 13.2. The van der Waals surface area contributed by atoms with Crippen LogP contribution < -0.4 is 5.32 Å². The number of hydrogen-bond acceptors (Lipinski definition) is 2. The minimum atomic E-state index is -0.402. The Hall–Kier alpha value is -0.640. The fourth-order valence-electron chi connectivity index (χ4n) is 1.13. The molecule has 2 nitrogen and oxygen atoms in total. The van der Waals surface area contributed by atoms with Crippen molar-refractivity contribution in [3.8, 4) is 0 Å². The van der Waals surface area contributed by atoms with Crippen molar-refractivity contribution in [2.75, 3.05) is 13.7 Å². The van der Waals surface area contributed by atoms with Gasteiger partial charge >= 0.3 is 0 Å². The first-order chi connectivity index (χ1) is 6.19. The van der Waals surface area contributed by atoms with Crippen LogP contribution in [-0.2, 0) is 0 Å². The molecule has 0 radical (unpaired) electrons. The van der Waals surface area contributed by atoms with Crippen LogP contribution in [0.2, 0.25) is 5.02 Å². The molecule has 0 aliphatic heterocycles. The zero-order valence-corrected chi connectivity index (χ0v) is 7.98. The van der Waals surface area contributed by atoms with E-state index in [0.29, 0.717) is 10.6 Å². The van der Waals surface area contributed by atoms with E-state index in [1.165, 1.54) is 6.07 Å². The predicted octanol–water partition coefficient (Wildman–Crippen LogP) is 1.73. The Morgan fingerprint density at radius 2 is 2.31 bits per heavy atom. The van der Waals surface area contributed by atoms with E-state index in [-0.39, 0.29) is 12.6 Å². The summed E-state index contributed by atoms with van der Waals surface area (Å²) in [6, 6.07) is 4.02. The first kappa shape index (κ1) is 10.4. The molecule has 0 saturated carbocycles. The van der Waals surface area contributed by atoms with Gasteiger partial charge in [-0.2, -0.15) is 0 Å². The van der Waals surface area contributed by atoms with E-state index >= 15 is 0 Å². The van der Waals surface area contributed by atoms with E-state index in [9.17, 15) is 4.39 Å². The van der Waals surface area contributed by atoms with Gasteiger partial charge in [0.05, 0.1) is 12.6 Å². The number of aliphatic hydroxyl groups is 1. The van der Waals surface area contributed by atoms with Crippen LogP contribution in [0, 0.1) is 5.82 Å². The summed E-state index contributed by atoms with van der Waals surface area (Å²) >= 11 is 5.59. The van der Waals surface area contributed by atoms with E-state index in [0.717, 1.165) is 0 Å². The Kier molecular flexibility index (Phi) is 3.66. The maximum absolute atomic E-state index is 13.2. The van der Waals surface area contributed by atoms with E-state index in [2.05, 4.69) is 5.32 Å². The Bertz CT molecular complexity index is 289. The van der Waals surface area contributed by atoms with Gasteiger partial charge in [-0.3, -0.25) is 0 Å². The van der Waals surface area contributed by atoms with E-state index in [1.807, 2.05) is 0 Å². The standard InChI is InChI=1S/C9H11ClFNO/c1-12-9(5-13)7-3-2-6(10)4-8(7)11/h2-4,9,12-13H,5H2,1H3/t9-/m1/s1. The van der Waals surface area contributed by atoms with Crippen molar-refractivity contribution in [1.82, 2.24) is 5.32 Å². The van der Waals surface area contributed by atoms with Crippen LogP contribution in [0.3, 0.4) is 0 Å². The molecule has 0 aliphatic carbocycles. The van der Waals surface area contributed by atoms with Gasteiger partial charge < -0.3 is 10.4 Å². The van der Waals surface area contributed by atoms with Crippen LogP contribution in [0.15, 0.2) is 18.2 Å². The summed E-state index contributed by atoms with van der Waals surface area (Å²) in [5.74, 6) is -0.402. The quantitative estimate of drug-likeness (QED) is 0.784. The second kappa shape index (κ2) is 4.56. The fourth-order valence-corrected chi connectivity index (χ4v) is 1.29. The molecule has 2 N–H and O–H groups in total. The van der Waals surface area contributed by atoms with Crippen LogP contribution in [0.5, 0.6) is 0 Å². The van der Waals surface area contributed by atoms with Crippen LogP contribution in [0.25, 0.3) is 0 Å². The third-order valence-corrected chi connectivity index (χ3v) is 2.10. The highest BCUT2D eigenvalue weighted by molar-refractivity contribution is 6.30. The monoisotopic (exact) mass is 203 g/mol. The molecule has 1 atom stereocenters. The summed E-state index contributed by atoms with van der Waals surface area (Å²) in [7, 11) is 1.66. The van der Waals surface area contributed by atoms with Gasteiger partial charge in [0.1, 0.15) is 5.82 Å². The maximum atomic E-state index is 13.2. The first-order valence-electron chi connectivity index (χ1n) is 3.92. The number of aliphatic hydroxyl groups excluding tert-OH is 1. The molecule has 4 heteroatoms. The van der Waals surface area contributed by atoms with Gasteiger partial charge in [-0.1, -0.05) is 17.7 Å². The number of nitrogens with one attached hydrogen (secondary N) is 1. The zero-order valence-electron chi connectivity index (χ0n) is 7.22. The van der Waals surface area contributed by atoms with E-state index in [1.54, 1.807) is 19.2 Å². The van der Waals surface area contributed by atoms with Crippen molar-refractivity contribution in [3.63, 3.8) is 0 Å². The van der Waals surface area contributed by atoms with Crippen molar-refractivity contribution >= 4 is 11.6 Å². The number of rotatable bonds is 3. The van der Waals surface area contributed by atoms with Crippen molar-refractivity contribution in [3.05, 3.63) is 34.6 Å². The molecule has 0 fully saturated rings. The Labute approximate surface area is 81.3 Å². The zero-order chi connectivity index (χ0) is 9.84. The van der Waals surface area contributed by atoms with Gasteiger partial charge in [0.15, 0.2) is 0 Å². The lowest BCUT2D eigenvalue weighted by molar-refractivity contribution is 0.248. The second-order valence-electron chi connectivity index (χ2n) is 2.69. The normalized spacial score (nSPS) is 12.9. The molecule has 1 aromatic rings. The van der Waals surface area contributed by atoms with Gasteiger partial charge in [0.25, 0.3) is 0 Å². The molecule has 13 heavy (non-hydrogen) atoms. The summed E-state index contributed by atoms with van der Waals surface area (Å²) in [4.78, 5) is 0. The molecule has 1 aromatic carbocycles. The first-order valence-corrected chi connectivity index (χ1v) is 4.30.